The average Bonchev–Trinajstić information content (AvgIpc) is 2.75. The second-order valence-corrected chi connectivity index (χ2v) is 5.91. The Hall–Kier alpha value is -3.81. The first-order valence-corrected chi connectivity index (χ1v) is 8.64. The van der Waals surface area contributed by atoms with Gasteiger partial charge in [-0.1, -0.05) is 12.1 Å². The maximum Gasteiger partial charge on any atom is 0.257 e. The van der Waals surface area contributed by atoms with E-state index in [2.05, 4.69) is 15.6 Å². The second-order valence-electron chi connectivity index (χ2n) is 5.91. The van der Waals surface area contributed by atoms with Gasteiger partial charge >= 0.3 is 0 Å². The Morgan fingerprint density at radius 1 is 0.966 bits per heavy atom. The third-order valence-electron chi connectivity index (χ3n) is 4.08. The summed E-state index contributed by atoms with van der Waals surface area (Å²) < 4.78 is 29.5. The first kappa shape index (κ1) is 19.9. The minimum absolute atomic E-state index is 0.301. The molecular formula is C21H20FN3O4. The molecule has 29 heavy (non-hydrogen) atoms. The maximum atomic E-state index is 13.7. The summed E-state index contributed by atoms with van der Waals surface area (Å²) in [5.41, 5.74) is 1.10. The summed E-state index contributed by atoms with van der Waals surface area (Å²) in [4.78, 5) is 16.7. The van der Waals surface area contributed by atoms with E-state index in [0.29, 0.717) is 40.0 Å². The highest BCUT2D eigenvalue weighted by Crippen LogP contribution is 2.40. The molecule has 1 aromatic heterocycles. The van der Waals surface area contributed by atoms with Crippen molar-refractivity contribution >= 4 is 23.1 Å². The summed E-state index contributed by atoms with van der Waals surface area (Å²) in [6, 6.07) is 12.7. The predicted octanol–water partition coefficient (Wildman–Crippen LogP) is 4.24. The monoisotopic (exact) mass is 397 g/mol. The molecule has 0 fully saturated rings. The highest BCUT2D eigenvalue weighted by atomic mass is 19.1. The van der Waals surface area contributed by atoms with Crippen LogP contribution in [-0.2, 0) is 0 Å². The van der Waals surface area contributed by atoms with Gasteiger partial charge in [-0.15, -0.1) is 0 Å². The van der Waals surface area contributed by atoms with Crippen LogP contribution in [0.2, 0.25) is 0 Å². The Labute approximate surface area is 167 Å². The summed E-state index contributed by atoms with van der Waals surface area (Å²) in [5.74, 6) is 0.926. The molecule has 0 aliphatic carbocycles. The molecule has 3 aromatic rings. The van der Waals surface area contributed by atoms with Gasteiger partial charge in [-0.2, -0.15) is 0 Å². The van der Waals surface area contributed by atoms with Gasteiger partial charge in [0.15, 0.2) is 11.5 Å². The molecule has 0 atom stereocenters. The number of benzene rings is 2. The van der Waals surface area contributed by atoms with Crippen LogP contribution in [0.1, 0.15) is 10.4 Å². The van der Waals surface area contributed by atoms with Gasteiger partial charge in [-0.3, -0.25) is 4.79 Å². The number of carbonyl (C=O) groups is 1. The Morgan fingerprint density at radius 3 is 2.21 bits per heavy atom. The zero-order valence-corrected chi connectivity index (χ0v) is 16.2. The maximum absolute atomic E-state index is 13.7. The van der Waals surface area contributed by atoms with Gasteiger partial charge in [0.25, 0.3) is 5.91 Å². The summed E-state index contributed by atoms with van der Waals surface area (Å²) in [5, 5.41) is 5.63. The third kappa shape index (κ3) is 4.55. The molecule has 0 aliphatic heterocycles. The van der Waals surface area contributed by atoms with Gasteiger partial charge < -0.3 is 24.8 Å². The SMILES string of the molecule is COc1cc(NC(=O)c2ccc(Nc3ccccc3F)nc2)cc(OC)c1OC. The van der Waals surface area contributed by atoms with Gasteiger partial charge in [0.05, 0.1) is 32.6 Å². The number of pyridine rings is 1. The van der Waals surface area contributed by atoms with Crippen molar-refractivity contribution in [3.63, 3.8) is 0 Å². The molecule has 0 radical (unpaired) electrons. The van der Waals surface area contributed by atoms with Crippen molar-refractivity contribution in [2.45, 2.75) is 0 Å². The zero-order valence-electron chi connectivity index (χ0n) is 16.2. The van der Waals surface area contributed by atoms with Gasteiger partial charge in [0.2, 0.25) is 5.75 Å². The zero-order chi connectivity index (χ0) is 20.8. The molecule has 8 heteroatoms. The lowest BCUT2D eigenvalue weighted by Crippen LogP contribution is -2.12. The lowest BCUT2D eigenvalue weighted by molar-refractivity contribution is 0.102. The van der Waals surface area contributed by atoms with Gasteiger partial charge in [0, 0.05) is 24.0 Å². The molecule has 0 bridgehead atoms. The van der Waals surface area contributed by atoms with E-state index in [1.165, 1.54) is 33.6 Å². The van der Waals surface area contributed by atoms with Crippen LogP contribution in [0.4, 0.5) is 21.6 Å². The molecule has 7 nitrogen and oxygen atoms in total. The molecular weight excluding hydrogens is 377 g/mol. The quantitative estimate of drug-likeness (QED) is 0.621. The van der Waals surface area contributed by atoms with Crippen LogP contribution >= 0.6 is 0 Å². The van der Waals surface area contributed by atoms with Crippen molar-refractivity contribution in [3.8, 4) is 17.2 Å². The van der Waals surface area contributed by atoms with E-state index in [0.717, 1.165) is 0 Å². The number of methoxy groups -OCH3 is 3. The fourth-order valence-electron chi connectivity index (χ4n) is 2.66. The van der Waals surface area contributed by atoms with Crippen molar-refractivity contribution in [2.75, 3.05) is 32.0 Å². The minimum Gasteiger partial charge on any atom is -0.493 e. The summed E-state index contributed by atoms with van der Waals surface area (Å²) in [7, 11) is 4.49. The number of nitrogens with one attached hydrogen (secondary N) is 2. The Kier molecular flexibility index (Phi) is 6.13. The highest BCUT2D eigenvalue weighted by molar-refractivity contribution is 6.04. The van der Waals surface area contributed by atoms with Gasteiger partial charge in [-0.25, -0.2) is 9.37 Å². The molecule has 0 unspecified atom stereocenters. The molecule has 3 rings (SSSR count). The molecule has 2 aromatic carbocycles. The number of hydrogen-bond acceptors (Lipinski definition) is 6. The van der Waals surface area contributed by atoms with Crippen LogP contribution in [0.3, 0.4) is 0 Å². The van der Waals surface area contributed by atoms with E-state index >= 15 is 0 Å². The van der Waals surface area contributed by atoms with E-state index in [1.54, 1.807) is 42.5 Å². The van der Waals surface area contributed by atoms with E-state index in [9.17, 15) is 9.18 Å². The van der Waals surface area contributed by atoms with Crippen molar-refractivity contribution in [1.29, 1.82) is 0 Å². The molecule has 0 saturated heterocycles. The smallest absolute Gasteiger partial charge is 0.257 e. The molecule has 150 valence electrons. The van der Waals surface area contributed by atoms with Crippen molar-refractivity contribution in [3.05, 3.63) is 66.1 Å². The lowest BCUT2D eigenvalue weighted by atomic mass is 10.2. The number of ether oxygens (including phenoxy) is 3. The van der Waals surface area contributed by atoms with E-state index in [-0.39, 0.29) is 5.91 Å². The van der Waals surface area contributed by atoms with Gasteiger partial charge in [-0.05, 0) is 24.3 Å². The normalized spacial score (nSPS) is 10.2. The van der Waals surface area contributed by atoms with Crippen molar-refractivity contribution in [2.24, 2.45) is 0 Å². The molecule has 2 N–H and O–H groups in total. The topological polar surface area (TPSA) is 81.7 Å². The molecule has 1 heterocycles. The number of para-hydroxylation sites is 1. The number of hydrogen-bond donors (Lipinski definition) is 2. The number of anilines is 3. The first-order chi connectivity index (χ1) is 14.0. The third-order valence-corrected chi connectivity index (χ3v) is 4.08. The van der Waals surface area contributed by atoms with E-state index < -0.39 is 5.82 Å². The standard InChI is InChI=1S/C21H20FN3O4/c1-27-17-10-14(11-18(28-2)20(17)29-3)24-21(26)13-8-9-19(23-12-13)25-16-7-5-4-6-15(16)22/h4-12H,1-3H3,(H,23,25)(H,24,26). The average molecular weight is 397 g/mol. The summed E-state index contributed by atoms with van der Waals surface area (Å²) in [6.07, 6.45) is 1.40. The van der Waals surface area contributed by atoms with Crippen LogP contribution in [0.15, 0.2) is 54.7 Å². The Morgan fingerprint density at radius 2 is 1.66 bits per heavy atom. The fourth-order valence-corrected chi connectivity index (χ4v) is 2.66. The molecule has 0 saturated carbocycles. The molecule has 1 amide bonds. The number of carbonyl (C=O) groups excluding carboxylic acids is 1. The fraction of sp³-hybridized carbons (Fsp3) is 0.143. The lowest BCUT2D eigenvalue weighted by Gasteiger charge is -2.14. The molecule has 0 spiro atoms. The van der Waals surface area contributed by atoms with E-state index in [1.807, 2.05) is 0 Å². The number of amides is 1. The Balaban J connectivity index is 1.75. The number of halogens is 1. The number of aromatic nitrogens is 1. The number of rotatable bonds is 7. The largest absolute Gasteiger partial charge is 0.493 e. The van der Waals surface area contributed by atoms with Crippen molar-refractivity contribution in [1.82, 2.24) is 4.98 Å². The minimum atomic E-state index is -0.390. The van der Waals surface area contributed by atoms with Crippen LogP contribution in [0, 0.1) is 5.82 Å². The van der Waals surface area contributed by atoms with Crippen LogP contribution < -0.4 is 24.8 Å². The van der Waals surface area contributed by atoms with Crippen LogP contribution in [0.25, 0.3) is 0 Å². The molecule has 0 aliphatic rings. The highest BCUT2D eigenvalue weighted by Gasteiger charge is 2.15. The number of nitrogens with zero attached hydrogens (tertiary/aromatic N) is 1. The van der Waals surface area contributed by atoms with Crippen molar-refractivity contribution < 1.29 is 23.4 Å². The summed E-state index contributed by atoms with van der Waals surface area (Å²) >= 11 is 0. The Bertz CT molecular complexity index is 984. The van der Waals surface area contributed by atoms with E-state index in [4.69, 9.17) is 14.2 Å². The van der Waals surface area contributed by atoms with Gasteiger partial charge in [0.1, 0.15) is 11.6 Å². The predicted molar refractivity (Wildman–Crippen MR) is 108 cm³/mol. The van der Waals surface area contributed by atoms with Crippen LogP contribution in [-0.4, -0.2) is 32.2 Å². The second kappa shape index (κ2) is 8.92. The first-order valence-electron chi connectivity index (χ1n) is 8.64. The van der Waals surface area contributed by atoms with Crippen LogP contribution in [0.5, 0.6) is 17.2 Å². The summed E-state index contributed by atoms with van der Waals surface area (Å²) in [6.45, 7) is 0.